The Balaban J connectivity index is 2.62. The van der Waals surface area contributed by atoms with Crippen molar-refractivity contribution in [1.82, 2.24) is 0 Å². The highest BCUT2D eigenvalue weighted by molar-refractivity contribution is 7.91. The van der Waals surface area contributed by atoms with Gasteiger partial charge in [0.2, 0.25) is 0 Å². The largest absolute Gasteiger partial charge is 0.229 e. The average Bonchev–Trinajstić information content (AvgIpc) is 2.29. The lowest BCUT2D eigenvalue weighted by atomic mass is 9.65. The summed E-state index contributed by atoms with van der Waals surface area (Å²) >= 11 is 0. The van der Waals surface area contributed by atoms with Crippen LogP contribution < -0.4 is 0 Å². The standard InChI is InChI=1S/C14H25NO2S/c1-4-10-18(16,17)11-9-14(12-15)7-5-13(2,3)6-8-14/h4-11H2,1-3H3. The van der Waals surface area contributed by atoms with Crippen LogP contribution in [0.4, 0.5) is 0 Å². The van der Waals surface area contributed by atoms with Crippen molar-refractivity contribution < 1.29 is 8.42 Å². The topological polar surface area (TPSA) is 57.9 Å². The highest BCUT2D eigenvalue weighted by Crippen LogP contribution is 2.46. The average molecular weight is 271 g/mol. The number of rotatable bonds is 5. The molecule has 1 aliphatic rings. The van der Waals surface area contributed by atoms with Crippen LogP contribution in [-0.4, -0.2) is 19.9 Å². The summed E-state index contributed by atoms with van der Waals surface area (Å²) in [6, 6.07) is 2.41. The van der Waals surface area contributed by atoms with E-state index in [9.17, 15) is 13.7 Å². The minimum Gasteiger partial charge on any atom is -0.229 e. The summed E-state index contributed by atoms with van der Waals surface area (Å²) in [4.78, 5) is 0. The Morgan fingerprint density at radius 2 is 1.67 bits per heavy atom. The molecule has 0 aromatic rings. The van der Waals surface area contributed by atoms with Gasteiger partial charge in [0.1, 0.15) is 9.84 Å². The van der Waals surface area contributed by atoms with E-state index in [0.717, 1.165) is 25.7 Å². The summed E-state index contributed by atoms with van der Waals surface area (Å²) in [5.41, 5.74) is -0.0844. The Morgan fingerprint density at radius 1 is 1.11 bits per heavy atom. The first-order valence-electron chi connectivity index (χ1n) is 6.86. The van der Waals surface area contributed by atoms with Crippen molar-refractivity contribution in [2.45, 2.75) is 59.3 Å². The van der Waals surface area contributed by atoms with E-state index in [0.29, 0.717) is 18.3 Å². The summed E-state index contributed by atoms with van der Waals surface area (Å²) in [6.45, 7) is 6.32. The van der Waals surface area contributed by atoms with Crippen molar-refractivity contribution >= 4 is 9.84 Å². The Kier molecular flexibility index (Phi) is 4.83. The third kappa shape index (κ3) is 4.28. The summed E-state index contributed by atoms with van der Waals surface area (Å²) < 4.78 is 23.5. The highest BCUT2D eigenvalue weighted by atomic mass is 32.2. The third-order valence-corrected chi connectivity index (χ3v) is 6.06. The summed E-state index contributed by atoms with van der Waals surface area (Å²) in [7, 11) is -2.96. The first kappa shape index (κ1) is 15.5. The fraction of sp³-hybridized carbons (Fsp3) is 0.929. The minimum atomic E-state index is -2.96. The van der Waals surface area contributed by atoms with Crippen molar-refractivity contribution in [1.29, 1.82) is 5.26 Å². The molecule has 0 heterocycles. The zero-order chi connectivity index (χ0) is 13.9. The number of hydrogen-bond acceptors (Lipinski definition) is 3. The summed E-state index contributed by atoms with van der Waals surface area (Å²) in [5.74, 6) is 0.425. The molecule has 0 radical (unpaired) electrons. The van der Waals surface area contributed by atoms with Crippen LogP contribution in [-0.2, 0) is 9.84 Å². The fourth-order valence-corrected chi connectivity index (χ4v) is 4.11. The van der Waals surface area contributed by atoms with Crippen LogP contribution in [0.3, 0.4) is 0 Å². The van der Waals surface area contributed by atoms with Gasteiger partial charge in [0.15, 0.2) is 0 Å². The molecule has 3 nitrogen and oxygen atoms in total. The maximum atomic E-state index is 11.7. The van der Waals surface area contributed by atoms with E-state index in [4.69, 9.17) is 0 Å². The van der Waals surface area contributed by atoms with Gasteiger partial charge in [0, 0.05) is 5.75 Å². The number of nitrogens with zero attached hydrogens (tertiary/aromatic N) is 1. The first-order chi connectivity index (χ1) is 8.24. The van der Waals surface area contributed by atoms with E-state index in [2.05, 4.69) is 19.9 Å². The van der Waals surface area contributed by atoms with Gasteiger partial charge in [0.25, 0.3) is 0 Å². The van der Waals surface area contributed by atoms with Gasteiger partial charge >= 0.3 is 0 Å². The van der Waals surface area contributed by atoms with E-state index in [-0.39, 0.29) is 11.5 Å². The normalized spacial score (nSPS) is 22.3. The molecule has 0 bridgehead atoms. The second-order valence-corrected chi connectivity index (χ2v) is 8.76. The number of nitriles is 1. The van der Waals surface area contributed by atoms with E-state index < -0.39 is 15.3 Å². The lowest BCUT2D eigenvalue weighted by Gasteiger charge is -2.39. The van der Waals surface area contributed by atoms with Crippen LogP contribution in [0.1, 0.15) is 59.3 Å². The van der Waals surface area contributed by atoms with E-state index in [1.54, 1.807) is 0 Å². The van der Waals surface area contributed by atoms with Gasteiger partial charge in [-0.15, -0.1) is 0 Å². The third-order valence-electron chi connectivity index (χ3n) is 4.20. The predicted octanol–water partition coefficient (Wildman–Crippen LogP) is 3.31. The Labute approximate surface area is 111 Å². The molecule has 1 fully saturated rings. The van der Waals surface area contributed by atoms with Crippen LogP contribution in [0.5, 0.6) is 0 Å². The molecule has 0 spiro atoms. The van der Waals surface area contributed by atoms with Gasteiger partial charge in [-0.3, -0.25) is 0 Å². The van der Waals surface area contributed by atoms with Crippen molar-refractivity contribution in [3.8, 4) is 6.07 Å². The van der Waals surface area contributed by atoms with Gasteiger partial charge in [-0.05, 0) is 43.9 Å². The van der Waals surface area contributed by atoms with Gasteiger partial charge < -0.3 is 0 Å². The lowest BCUT2D eigenvalue weighted by Crippen LogP contribution is -2.32. The van der Waals surface area contributed by atoms with Crippen LogP contribution in [0.25, 0.3) is 0 Å². The minimum absolute atomic E-state index is 0.175. The molecule has 1 saturated carbocycles. The highest BCUT2D eigenvalue weighted by Gasteiger charge is 2.39. The van der Waals surface area contributed by atoms with E-state index in [1.165, 1.54) is 0 Å². The molecule has 0 N–H and O–H groups in total. The van der Waals surface area contributed by atoms with Gasteiger partial charge in [-0.25, -0.2) is 8.42 Å². The first-order valence-corrected chi connectivity index (χ1v) is 8.68. The maximum absolute atomic E-state index is 11.7. The van der Waals surface area contributed by atoms with Gasteiger partial charge in [-0.2, -0.15) is 5.26 Å². The molecular weight excluding hydrogens is 246 g/mol. The van der Waals surface area contributed by atoms with Crippen molar-refractivity contribution in [3.05, 3.63) is 0 Å². The van der Waals surface area contributed by atoms with Crippen LogP contribution >= 0.6 is 0 Å². The Morgan fingerprint density at radius 3 is 2.11 bits per heavy atom. The molecule has 0 unspecified atom stereocenters. The zero-order valence-corrected chi connectivity index (χ0v) is 12.6. The summed E-state index contributed by atoms with van der Waals surface area (Å²) in [5, 5.41) is 9.39. The molecule has 0 aromatic carbocycles. The molecule has 0 atom stereocenters. The molecule has 104 valence electrons. The van der Waals surface area contributed by atoms with Gasteiger partial charge in [-0.1, -0.05) is 20.8 Å². The van der Waals surface area contributed by atoms with Gasteiger partial charge in [0.05, 0.1) is 17.2 Å². The number of hydrogen-bond donors (Lipinski definition) is 0. The molecule has 0 saturated heterocycles. The van der Waals surface area contributed by atoms with Crippen LogP contribution in [0.2, 0.25) is 0 Å². The predicted molar refractivity (Wildman–Crippen MR) is 73.9 cm³/mol. The molecule has 0 aromatic heterocycles. The van der Waals surface area contributed by atoms with Crippen LogP contribution in [0, 0.1) is 22.2 Å². The van der Waals surface area contributed by atoms with Crippen LogP contribution in [0.15, 0.2) is 0 Å². The summed E-state index contributed by atoms with van der Waals surface area (Å²) in [6.07, 6.45) is 4.91. The molecule has 18 heavy (non-hydrogen) atoms. The molecule has 0 amide bonds. The second kappa shape index (κ2) is 5.61. The van der Waals surface area contributed by atoms with Crippen molar-refractivity contribution in [2.75, 3.05) is 11.5 Å². The maximum Gasteiger partial charge on any atom is 0.150 e. The SMILES string of the molecule is CCCS(=O)(=O)CCC1(C#N)CCC(C)(C)CC1. The quantitative estimate of drug-likeness (QED) is 0.770. The molecule has 4 heteroatoms. The lowest BCUT2D eigenvalue weighted by molar-refractivity contribution is 0.143. The van der Waals surface area contributed by atoms with Crippen molar-refractivity contribution in [2.24, 2.45) is 10.8 Å². The molecular formula is C14H25NO2S. The van der Waals surface area contributed by atoms with E-state index in [1.807, 2.05) is 6.92 Å². The molecule has 0 aliphatic heterocycles. The van der Waals surface area contributed by atoms with Crippen molar-refractivity contribution in [3.63, 3.8) is 0 Å². The smallest absolute Gasteiger partial charge is 0.150 e. The Hall–Kier alpha value is -0.560. The zero-order valence-electron chi connectivity index (χ0n) is 11.8. The Bertz CT molecular complexity index is 408. The molecule has 1 rings (SSSR count). The fourth-order valence-electron chi connectivity index (χ4n) is 2.59. The van der Waals surface area contributed by atoms with E-state index >= 15 is 0 Å². The molecule has 1 aliphatic carbocycles. The second-order valence-electron chi connectivity index (χ2n) is 6.46. The monoisotopic (exact) mass is 271 g/mol. The number of sulfone groups is 1.